The fraction of sp³-hybridized carbons (Fsp3) is 0.500. The molecule has 3 aromatic heterocycles. The summed E-state index contributed by atoms with van der Waals surface area (Å²) in [5.41, 5.74) is 9.64. The zero-order chi connectivity index (χ0) is 22.3. The standard InChI is InChI=1S/C22H28ClN7O2/c1-22(24)5-7-29(8-6-22)14-2-3-18-15(10-26-30(18)12-14)20-16(23)11-25-21(28-20)27-17-4-9-32-13-19(17)31/h2-3,10-12,17,19,31H,4-9,13,24H2,1H3,(H,25,27,28)/t17-,19-/m1/s1. The number of pyridine rings is 1. The number of fused-ring (bicyclic) bond motifs is 1. The Morgan fingerprint density at radius 3 is 2.88 bits per heavy atom. The predicted octanol–water partition coefficient (Wildman–Crippen LogP) is 2.32. The number of aliphatic hydroxyl groups is 1. The molecule has 170 valence electrons. The van der Waals surface area contributed by atoms with Crippen molar-refractivity contribution in [1.29, 1.82) is 0 Å². The maximum atomic E-state index is 10.1. The lowest BCUT2D eigenvalue weighted by Crippen LogP contribution is -2.48. The van der Waals surface area contributed by atoms with Crippen molar-refractivity contribution in [1.82, 2.24) is 19.6 Å². The van der Waals surface area contributed by atoms with E-state index in [9.17, 15) is 5.11 Å². The smallest absolute Gasteiger partial charge is 0.223 e. The van der Waals surface area contributed by atoms with E-state index in [0.29, 0.717) is 36.3 Å². The third-order valence-electron chi connectivity index (χ3n) is 6.41. The summed E-state index contributed by atoms with van der Waals surface area (Å²) in [4.78, 5) is 11.3. The molecule has 5 heterocycles. The van der Waals surface area contributed by atoms with E-state index in [1.807, 2.05) is 16.8 Å². The lowest BCUT2D eigenvalue weighted by Gasteiger charge is -2.37. The van der Waals surface area contributed by atoms with Crippen LogP contribution in [0.15, 0.2) is 30.7 Å². The maximum Gasteiger partial charge on any atom is 0.223 e. The molecule has 10 heteroatoms. The number of nitrogens with one attached hydrogen (secondary N) is 1. The molecular weight excluding hydrogens is 430 g/mol. The number of ether oxygens (including phenoxy) is 1. The Bertz CT molecular complexity index is 1110. The number of nitrogens with zero attached hydrogens (tertiary/aromatic N) is 5. The summed E-state index contributed by atoms with van der Waals surface area (Å²) in [7, 11) is 0. The summed E-state index contributed by atoms with van der Waals surface area (Å²) in [6, 6.07) is 3.98. The van der Waals surface area contributed by atoms with E-state index < -0.39 is 6.10 Å². The fourth-order valence-electron chi connectivity index (χ4n) is 4.30. The number of hydrogen-bond donors (Lipinski definition) is 3. The van der Waals surface area contributed by atoms with Gasteiger partial charge in [-0.25, -0.2) is 14.5 Å². The Balaban J connectivity index is 1.41. The van der Waals surface area contributed by atoms with Crippen LogP contribution in [0.2, 0.25) is 5.02 Å². The first-order chi connectivity index (χ1) is 15.4. The van der Waals surface area contributed by atoms with Gasteiger partial charge in [-0.1, -0.05) is 11.6 Å². The number of nitrogens with two attached hydrogens (primary N) is 1. The predicted molar refractivity (Wildman–Crippen MR) is 124 cm³/mol. The van der Waals surface area contributed by atoms with Crippen LogP contribution in [0.5, 0.6) is 0 Å². The van der Waals surface area contributed by atoms with Crippen molar-refractivity contribution >= 4 is 28.8 Å². The second kappa shape index (κ2) is 8.47. The minimum atomic E-state index is -0.603. The van der Waals surface area contributed by atoms with Crippen molar-refractivity contribution in [3.63, 3.8) is 0 Å². The zero-order valence-corrected chi connectivity index (χ0v) is 18.8. The normalized spacial score (nSPS) is 23.4. The van der Waals surface area contributed by atoms with Gasteiger partial charge in [0.1, 0.15) is 0 Å². The first-order valence-corrected chi connectivity index (χ1v) is 11.3. The maximum absolute atomic E-state index is 10.1. The molecule has 0 amide bonds. The summed E-state index contributed by atoms with van der Waals surface area (Å²) < 4.78 is 7.15. The van der Waals surface area contributed by atoms with Crippen LogP contribution in [-0.4, -0.2) is 68.7 Å². The van der Waals surface area contributed by atoms with Crippen LogP contribution < -0.4 is 16.0 Å². The third kappa shape index (κ3) is 4.25. The Hall–Kier alpha value is -2.46. The number of hydrogen-bond acceptors (Lipinski definition) is 8. The van der Waals surface area contributed by atoms with Gasteiger partial charge in [-0.05, 0) is 38.3 Å². The number of aliphatic hydroxyl groups excluding tert-OH is 1. The van der Waals surface area contributed by atoms with Gasteiger partial charge in [0.2, 0.25) is 5.95 Å². The SMILES string of the molecule is CC1(N)CCN(c2ccc3c(-c4nc(N[C@@H]5CCOC[C@H]5O)ncc4Cl)cnn3c2)CC1. The molecule has 0 radical (unpaired) electrons. The van der Waals surface area contributed by atoms with Gasteiger partial charge in [0.05, 0.1) is 59.3 Å². The molecule has 0 aromatic carbocycles. The molecule has 0 spiro atoms. The second-order valence-electron chi connectivity index (χ2n) is 8.99. The summed E-state index contributed by atoms with van der Waals surface area (Å²) in [5.74, 6) is 0.421. The minimum absolute atomic E-state index is 0.0876. The van der Waals surface area contributed by atoms with Crippen LogP contribution in [0.25, 0.3) is 16.8 Å². The molecule has 2 aliphatic heterocycles. The zero-order valence-electron chi connectivity index (χ0n) is 18.0. The van der Waals surface area contributed by atoms with Gasteiger partial charge in [0, 0.05) is 30.8 Å². The molecule has 5 rings (SSSR count). The summed E-state index contributed by atoms with van der Waals surface area (Å²) in [6.07, 6.45) is 7.38. The van der Waals surface area contributed by atoms with Crippen molar-refractivity contribution in [3.8, 4) is 11.3 Å². The largest absolute Gasteiger partial charge is 0.389 e. The molecule has 9 nitrogen and oxygen atoms in total. The summed E-state index contributed by atoms with van der Waals surface area (Å²) in [5, 5.41) is 18.4. The third-order valence-corrected chi connectivity index (χ3v) is 6.69. The lowest BCUT2D eigenvalue weighted by molar-refractivity contribution is -0.0136. The molecule has 2 aliphatic rings. The average molecular weight is 458 g/mol. The quantitative estimate of drug-likeness (QED) is 0.547. The Morgan fingerprint density at radius 2 is 2.09 bits per heavy atom. The molecule has 0 saturated carbocycles. The average Bonchev–Trinajstić information content (AvgIpc) is 3.20. The molecule has 2 atom stereocenters. The molecular formula is C22H28ClN7O2. The van der Waals surface area contributed by atoms with Crippen LogP contribution in [0.4, 0.5) is 11.6 Å². The highest BCUT2D eigenvalue weighted by Gasteiger charge is 2.27. The number of piperidine rings is 1. The number of rotatable bonds is 4. The Labute approximate surface area is 191 Å². The van der Waals surface area contributed by atoms with E-state index in [2.05, 4.69) is 38.3 Å². The highest BCUT2D eigenvalue weighted by Crippen LogP contribution is 2.32. The van der Waals surface area contributed by atoms with Gasteiger partial charge in [-0.3, -0.25) is 0 Å². The van der Waals surface area contributed by atoms with Crippen LogP contribution >= 0.6 is 11.6 Å². The van der Waals surface area contributed by atoms with E-state index in [1.54, 1.807) is 12.4 Å². The monoisotopic (exact) mass is 457 g/mol. The van der Waals surface area contributed by atoms with E-state index in [-0.39, 0.29) is 11.6 Å². The topological polar surface area (TPSA) is 114 Å². The van der Waals surface area contributed by atoms with Gasteiger partial charge in [0.15, 0.2) is 0 Å². The van der Waals surface area contributed by atoms with E-state index in [0.717, 1.165) is 42.7 Å². The second-order valence-corrected chi connectivity index (χ2v) is 9.40. The van der Waals surface area contributed by atoms with Gasteiger partial charge in [-0.2, -0.15) is 5.10 Å². The van der Waals surface area contributed by atoms with Crippen LogP contribution in [-0.2, 0) is 4.74 Å². The van der Waals surface area contributed by atoms with Crippen molar-refractivity contribution in [2.75, 3.05) is 36.5 Å². The summed E-state index contributed by atoms with van der Waals surface area (Å²) >= 11 is 6.46. The molecule has 0 unspecified atom stereocenters. The Morgan fingerprint density at radius 1 is 1.28 bits per heavy atom. The molecule has 4 N–H and O–H groups in total. The van der Waals surface area contributed by atoms with Crippen LogP contribution in [0.1, 0.15) is 26.2 Å². The number of halogens is 1. The van der Waals surface area contributed by atoms with E-state index in [1.165, 1.54) is 0 Å². The van der Waals surface area contributed by atoms with E-state index in [4.69, 9.17) is 22.1 Å². The van der Waals surface area contributed by atoms with Crippen molar-refractivity contribution in [2.45, 2.75) is 43.9 Å². The first kappa shape index (κ1) is 21.4. The van der Waals surface area contributed by atoms with Crippen molar-refractivity contribution in [3.05, 3.63) is 35.7 Å². The van der Waals surface area contributed by atoms with Gasteiger partial charge < -0.3 is 25.8 Å². The van der Waals surface area contributed by atoms with E-state index >= 15 is 0 Å². The first-order valence-electron chi connectivity index (χ1n) is 11.0. The minimum Gasteiger partial charge on any atom is -0.389 e. The van der Waals surface area contributed by atoms with Gasteiger partial charge in [-0.15, -0.1) is 0 Å². The molecule has 3 aromatic rings. The van der Waals surface area contributed by atoms with Crippen LogP contribution in [0.3, 0.4) is 0 Å². The molecule has 0 bridgehead atoms. The lowest BCUT2D eigenvalue weighted by atomic mass is 9.91. The molecule has 2 saturated heterocycles. The van der Waals surface area contributed by atoms with Gasteiger partial charge >= 0.3 is 0 Å². The highest BCUT2D eigenvalue weighted by molar-refractivity contribution is 6.33. The molecule has 32 heavy (non-hydrogen) atoms. The van der Waals surface area contributed by atoms with Crippen LogP contribution in [0, 0.1) is 0 Å². The fourth-order valence-corrected chi connectivity index (χ4v) is 4.49. The summed E-state index contributed by atoms with van der Waals surface area (Å²) in [6.45, 7) is 4.86. The molecule has 2 fully saturated rings. The van der Waals surface area contributed by atoms with Crippen molar-refractivity contribution < 1.29 is 9.84 Å². The molecule has 0 aliphatic carbocycles. The Kier molecular flexibility index (Phi) is 5.66. The number of aromatic nitrogens is 4. The highest BCUT2D eigenvalue weighted by atomic mass is 35.5. The van der Waals surface area contributed by atoms with Crippen molar-refractivity contribution in [2.24, 2.45) is 5.73 Å². The number of anilines is 2. The van der Waals surface area contributed by atoms with Gasteiger partial charge in [0.25, 0.3) is 0 Å².